The van der Waals surface area contributed by atoms with E-state index < -0.39 is 0 Å². The molecule has 88 valence electrons. The van der Waals surface area contributed by atoms with Crippen LogP contribution in [0.3, 0.4) is 0 Å². The van der Waals surface area contributed by atoms with Gasteiger partial charge in [0.1, 0.15) is 5.82 Å². The Hall–Kier alpha value is -0.600. The first kappa shape index (κ1) is 11.9. The number of hydrogen-bond donors (Lipinski definition) is 0. The molecule has 1 saturated heterocycles. The molecule has 1 nitrogen and oxygen atoms in total. The molecular weight excluding hydrogens is 227 g/mol. The van der Waals surface area contributed by atoms with Crippen LogP contribution in [0.25, 0.3) is 0 Å². The van der Waals surface area contributed by atoms with E-state index in [-0.39, 0.29) is 11.9 Å². The Balaban J connectivity index is 2.27. The summed E-state index contributed by atoms with van der Waals surface area (Å²) >= 11 is 5.95. The summed E-state index contributed by atoms with van der Waals surface area (Å²) in [6.07, 6.45) is 2.19. The number of hydrogen-bond acceptors (Lipinski definition) is 1. The SMILES string of the molecule is Cc1cc(F)ccc1C1OCCCC1CCl. The number of rotatable bonds is 2. The Labute approximate surface area is 101 Å². The van der Waals surface area contributed by atoms with Crippen LogP contribution in [0.5, 0.6) is 0 Å². The van der Waals surface area contributed by atoms with Gasteiger partial charge < -0.3 is 4.74 Å². The Morgan fingerprint density at radius 3 is 3.00 bits per heavy atom. The lowest BCUT2D eigenvalue weighted by Gasteiger charge is -2.31. The van der Waals surface area contributed by atoms with Crippen LogP contribution in [0, 0.1) is 18.7 Å². The van der Waals surface area contributed by atoms with Gasteiger partial charge in [-0.05, 0) is 43.0 Å². The predicted octanol–water partition coefficient (Wildman–Crippen LogP) is 3.84. The van der Waals surface area contributed by atoms with Crippen LogP contribution in [0.15, 0.2) is 18.2 Å². The van der Waals surface area contributed by atoms with Gasteiger partial charge in [0.05, 0.1) is 6.10 Å². The maximum absolute atomic E-state index is 13.0. The minimum absolute atomic E-state index is 0.0341. The van der Waals surface area contributed by atoms with Crippen molar-refractivity contribution in [1.29, 1.82) is 0 Å². The summed E-state index contributed by atoms with van der Waals surface area (Å²) in [4.78, 5) is 0. The molecule has 1 fully saturated rings. The predicted molar refractivity (Wildman–Crippen MR) is 63.3 cm³/mol. The summed E-state index contributed by atoms with van der Waals surface area (Å²) in [6, 6.07) is 4.87. The van der Waals surface area contributed by atoms with Crippen molar-refractivity contribution in [3.8, 4) is 0 Å². The number of aryl methyl sites for hydroxylation is 1. The van der Waals surface area contributed by atoms with Crippen molar-refractivity contribution >= 4 is 11.6 Å². The molecule has 1 aliphatic rings. The number of alkyl halides is 1. The van der Waals surface area contributed by atoms with Crippen molar-refractivity contribution in [2.75, 3.05) is 12.5 Å². The summed E-state index contributed by atoms with van der Waals surface area (Å²) in [5.74, 6) is 0.751. The summed E-state index contributed by atoms with van der Waals surface area (Å²) in [5.41, 5.74) is 2.02. The molecule has 16 heavy (non-hydrogen) atoms. The molecule has 3 heteroatoms. The van der Waals surface area contributed by atoms with E-state index >= 15 is 0 Å². The quantitative estimate of drug-likeness (QED) is 0.716. The fraction of sp³-hybridized carbons (Fsp3) is 0.538. The molecule has 0 radical (unpaired) electrons. The second kappa shape index (κ2) is 5.15. The van der Waals surface area contributed by atoms with Gasteiger partial charge in [-0.1, -0.05) is 6.07 Å². The van der Waals surface area contributed by atoms with Crippen LogP contribution < -0.4 is 0 Å². The van der Waals surface area contributed by atoms with Crippen LogP contribution in [0.2, 0.25) is 0 Å². The van der Waals surface area contributed by atoms with E-state index in [0.29, 0.717) is 11.8 Å². The molecule has 0 spiro atoms. The lowest BCUT2D eigenvalue weighted by atomic mass is 9.89. The molecule has 0 aliphatic carbocycles. The van der Waals surface area contributed by atoms with E-state index in [1.165, 1.54) is 6.07 Å². The van der Waals surface area contributed by atoms with Crippen molar-refractivity contribution in [1.82, 2.24) is 0 Å². The average Bonchev–Trinajstić information content (AvgIpc) is 2.29. The number of ether oxygens (including phenoxy) is 1. The van der Waals surface area contributed by atoms with Crippen LogP contribution >= 0.6 is 11.6 Å². The molecule has 0 saturated carbocycles. The van der Waals surface area contributed by atoms with Crippen LogP contribution in [-0.4, -0.2) is 12.5 Å². The monoisotopic (exact) mass is 242 g/mol. The molecule has 2 atom stereocenters. The standard InChI is InChI=1S/C13H16ClFO/c1-9-7-11(15)4-5-12(9)13-10(8-14)3-2-6-16-13/h4-5,7,10,13H,2-3,6,8H2,1H3. The first-order chi connectivity index (χ1) is 7.72. The highest BCUT2D eigenvalue weighted by Gasteiger charge is 2.27. The van der Waals surface area contributed by atoms with Crippen molar-refractivity contribution in [2.45, 2.75) is 25.9 Å². The largest absolute Gasteiger partial charge is 0.373 e. The Morgan fingerprint density at radius 1 is 1.50 bits per heavy atom. The fourth-order valence-electron chi connectivity index (χ4n) is 2.30. The van der Waals surface area contributed by atoms with E-state index in [4.69, 9.17) is 16.3 Å². The third-order valence-corrected chi connectivity index (χ3v) is 3.58. The van der Waals surface area contributed by atoms with Crippen LogP contribution in [-0.2, 0) is 4.74 Å². The van der Waals surface area contributed by atoms with E-state index in [9.17, 15) is 4.39 Å². The van der Waals surface area contributed by atoms with Crippen molar-refractivity contribution in [3.05, 3.63) is 35.1 Å². The van der Waals surface area contributed by atoms with Crippen LogP contribution in [0.1, 0.15) is 30.1 Å². The van der Waals surface area contributed by atoms with Crippen molar-refractivity contribution < 1.29 is 9.13 Å². The first-order valence-electron chi connectivity index (χ1n) is 5.66. The van der Waals surface area contributed by atoms with E-state index in [0.717, 1.165) is 30.6 Å². The Bertz CT molecular complexity index is 367. The highest BCUT2D eigenvalue weighted by Crippen LogP contribution is 2.35. The lowest BCUT2D eigenvalue weighted by Crippen LogP contribution is -2.24. The molecule has 0 bridgehead atoms. The van der Waals surface area contributed by atoms with Crippen molar-refractivity contribution in [2.24, 2.45) is 5.92 Å². The summed E-state index contributed by atoms with van der Waals surface area (Å²) in [7, 11) is 0. The first-order valence-corrected chi connectivity index (χ1v) is 6.19. The average molecular weight is 243 g/mol. The summed E-state index contributed by atoms with van der Waals surface area (Å²) in [5, 5.41) is 0. The lowest BCUT2D eigenvalue weighted by molar-refractivity contribution is -0.0212. The summed E-state index contributed by atoms with van der Waals surface area (Å²) < 4.78 is 18.8. The summed E-state index contributed by atoms with van der Waals surface area (Å²) in [6.45, 7) is 2.69. The number of halogens is 2. The smallest absolute Gasteiger partial charge is 0.123 e. The van der Waals surface area contributed by atoms with Gasteiger partial charge in [-0.3, -0.25) is 0 Å². The van der Waals surface area contributed by atoms with Gasteiger partial charge in [0, 0.05) is 18.4 Å². The Kier molecular flexibility index (Phi) is 3.82. The molecule has 1 aromatic carbocycles. The molecule has 2 unspecified atom stereocenters. The van der Waals surface area contributed by atoms with Gasteiger partial charge in [-0.25, -0.2) is 4.39 Å². The van der Waals surface area contributed by atoms with Gasteiger partial charge >= 0.3 is 0 Å². The van der Waals surface area contributed by atoms with Crippen LogP contribution in [0.4, 0.5) is 4.39 Å². The van der Waals surface area contributed by atoms with Gasteiger partial charge in [0.25, 0.3) is 0 Å². The van der Waals surface area contributed by atoms with E-state index in [2.05, 4.69) is 0 Å². The molecule has 0 aromatic heterocycles. The van der Waals surface area contributed by atoms with Gasteiger partial charge in [0.15, 0.2) is 0 Å². The molecule has 1 aliphatic heterocycles. The van der Waals surface area contributed by atoms with E-state index in [1.807, 2.05) is 13.0 Å². The molecule has 0 N–H and O–H groups in total. The maximum atomic E-state index is 13.0. The zero-order valence-corrected chi connectivity index (χ0v) is 10.1. The minimum Gasteiger partial charge on any atom is -0.373 e. The fourth-order valence-corrected chi connectivity index (χ4v) is 2.62. The highest BCUT2D eigenvalue weighted by molar-refractivity contribution is 6.18. The van der Waals surface area contributed by atoms with Gasteiger partial charge in [-0.15, -0.1) is 11.6 Å². The molecule has 1 heterocycles. The van der Waals surface area contributed by atoms with E-state index in [1.54, 1.807) is 6.07 Å². The zero-order valence-electron chi connectivity index (χ0n) is 9.38. The van der Waals surface area contributed by atoms with Crippen molar-refractivity contribution in [3.63, 3.8) is 0 Å². The molecule has 0 amide bonds. The second-order valence-corrected chi connectivity index (χ2v) is 4.66. The normalized spacial score (nSPS) is 25.7. The highest BCUT2D eigenvalue weighted by atomic mass is 35.5. The van der Waals surface area contributed by atoms with Gasteiger partial charge in [0.2, 0.25) is 0 Å². The molecule has 2 rings (SSSR count). The molecule has 1 aromatic rings. The van der Waals surface area contributed by atoms with Gasteiger partial charge in [-0.2, -0.15) is 0 Å². The zero-order chi connectivity index (χ0) is 11.5. The molecular formula is C13H16ClFO. The minimum atomic E-state index is -0.195. The Morgan fingerprint density at radius 2 is 2.31 bits per heavy atom. The third-order valence-electron chi connectivity index (χ3n) is 3.18. The topological polar surface area (TPSA) is 9.23 Å². The second-order valence-electron chi connectivity index (χ2n) is 4.35. The maximum Gasteiger partial charge on any atom is 0.123 e. The third kappa shape index (κ3) is 2.38. The number of benzene rings is 1.